The van der Waals surface area contributed by atoms with Crippen molar-refractivity contribution in [1.29, 1.82) is 0 Å². The van der Waals surface area contributed by atoms with Crippen molar-refractivity contribution in [3.63, 3.8) is 0 Å². The Morgan fingerprint density at radius 3 is 2.34 bits per heavy atom. The van der Waals surface area contributed by atoms with Gasteiger partial charge in [-0.2, -0.15) is 0 Å². The van der Waals surface area contributed by atoms with Gasteiger partial charge in [-0.05, 0) is 66.9 Å². The molecular formula is C32H27F2N5O4S. The number of carbonyl (C=O) groups is 2. The smallest absolute Gasteiger partial charge is 0.240 e. The third-order valence-corrected chi connectivity index (χ3v) is 8.36. The summed E-state index contributed by atoms with van der Waals surface area (Å²) in [7, 11) is 0. The number of thiophene rings is 1. The second-order valence-electron chi connectivity index (χ2n) is 10.3. The van der Waals surface area contributed by atoms with E-state index in [1.807, 2.05) is 18.2 Å². The lowest BCUT2D eigenvalue weighted by atomic mass is 10.0. The number of pyridine rings is 2. The molecule has 1 aliphatic carbocycles. The maximum Gasteiger partial charge on any atom is 0.240 e. The number of aromatic nitrogens is 2. The fraction of sp³-hybridized carbons (Fsp3) is 0.188. The van der Waals surface area contributed by atoms with Crippen molar-refractivity contribution in [3.05, 3.63) is 96.3 Å². The quantitative estimate of drug-likeness (QED) is 0.108. The Hall–Kier alpha value is -4.78. The van der Waals surface area contributed by atoms with Crippen molar-refractivity contribution in [1.82, 2.24) is 15.3 Å². The van der Waals surface area contributed by atoms with Crippen LogP contribution >= 0.6 is 11.3 Å². The van der Waals surface area contributed by atoms with E-state index >= 15 is 4.39 Å². The van der Waals surface area contributed by atoms with Crippen LogP contribution in [0.5, 0.6) is 11.5 Å². The van der Waals surface area contributed by atoms with Gasteiger partial charge in [-0.3, -0.25) is 19.6 Å². The average molecular weight is 616 g/mol. The fourth-order valence-electron chi connectivity index (χ4n) is 4.60. The van der Waals surface area contributed by atoms with Crippen LogP contribution in [0.25, 0.3) is 20.8 Å². The summed E-state index contributed by atoms with van der Waals surface area (Å²) >= 11 is 1.42. The molecule has 0 spiro atoms. The molecule has 0 radical (unpaired) electrons. The number of halogens is 2. The second-order valence-corrected chi connectivity index (χ2v) is 11.4. The van der Waals surface area contributed by atoms with E-state index in [2.05, 4.69) is 25.9 Å². The van der Waals surface area contributed by atoms with Crippen molar-refractivity contribution in [3.8, 4) is 22.1 Å². The monoisotopic (exact) mass is 615 g/mol. The largest absolute Gasteiger partial charge is 0.453 e. The highest BCUT2D eigenvalue weighted by atomic mass is 32.1. The van der Waals surface area contributed by atoms with E-state index in [4.69, 9.17) is 9.84 Å². The van der Waals surface area contributed by atoms with E-state index in [1.165, 1.54) is 47.7 Å². The third-order valence-electron chi connectivity index (χ3n) is 7.20. The molecule has 3 heterocycles. The minimum atomic E-state index is -1.27. The zero-order chi connectivity index (χ0) is 30.7. The molecule has 5 aromatic rings. The Bertz CT molecular complexity index is 1830. The molecule has 12 heteroatoms. The van der Waals surface area contributed by atoms with Gasteiger partial charge in [0.15, 0.2) is 11.6 Å². The number of aliphatic hydroxyl groups is 1. The van der Waals surface area contributed by atoms with Crippen LogP contribution < -0.4 is 20.7 Å². The molecule has 0 aliphatic heterocycles. The van der Waals surface area contributed by atoms with E-state index < -0.39 is 28.9 Å². The highest BCUT2D eigenvalue weighted by Crippen LogP contribution is 2.48. The zero-order valence-corrected chi connectivity index (χ0v) is 24.1. The Morgan fingerprint density at radius 1 is 0.909 bits per heavy atom. The van der Waals surface area contributed by atoms with Gasteiger partial charge in [-0.25, -0.2) is 8.78 Å². The molecule has 6 rings (SSSR count). The van der Waals surface area contributed by atoms with Crippen LogP contribution in [-0.2, 0) is 16.1 Å². The Morgan fingerprint density at radius 2 is 1.66 bits per heavy atom. The van der Waals surface area contributed by atoms with Crippen LogP contribution in [0.4, 0.5) is 20.2 Å². The summed E-state index contributed by atoms with van der Waals surface area (Å²) in [5, 5.41) is 17.3. The van der Waals surface area contributed by atoms with Gasteiger partial charge in [0.2, 0.25) is 11.8 Å². The zero-order valence-electron chi connectivity index (χ0n) is 23.3. The fourth-order valence-corrected chi connectivity index (χ4v) is 5.65. The van der Waals surface area contributed by atoms with Crippen LogP contribution in [0.15, 0.2) is 79.1 Å². The van der Waals surface area contributed by atoms with E-state index in [0.717, 1.165) is 26.9 Å². The molecule has 2 aromatic carbocycles. The number of aliphatic hydroxyl groups excluding tert-OH is 1. The molecule has 0 atom stereocenters. The number of ether oxygens (including phenoxy) is 1. The molecule has 0 unspecified atom stereocenters. The van der Waals surface area contributed by atoms with E-state index in [0.29, 0.717) is 42.9 Å². The second kappa shape index (κ2) is 12.4. The molecule has 44 heavy (non-hydrogen) atoms. The molecule has 0 saturated heterocycles. The van der Waals surface area contributed by atoms with Gasteiger partial charge >= 0.3 is 0 Å². The Balaban J connectivity index is 1.13. The number of fused-ring (bicyclic) bond motifs is 1. The number of rotatable bonds is 11. The summed E-state index contributed by atoms with van der Waals surface area (Å²) in [5.41, 5.74) is 1.71. The van der Waals surface area contributed by atoms with Gasteiger partial charge in [0.25, 0.3) is 0 Å². The molecule has 1 fully saturated rings. The van der Waals surface area contributed by atoms with Crippen molar-refractivity contribution >= 4 is 44.7 Å². The average Bonchev–Trinajstić information content (AvgIpc) is 3.73. The minimum absolute atomic E-state index is 0.0431. The first-order valence-corrected chi connectivity index (χ1v) is 14.7. The summed E-state index contributed by atoms with van der Waals surface area (Å²) in [5.74, 6) is -1.81. The Kier molecular flexibility index (Phi) is 8.29. The molecule has 2 amide bonds. The molecule has 1 aliphatic rings. The SMILES string of the molecule is O=C(Nc1ccc(F)cc1)C1(C(=O)Nc2ccc(Oc3ccnc4cc(-c5ccc(CNCCO)cn5)sc34)c(F)c2)CC1. The van der Waals surface area contributed by atoms with Gasteiger partial charge in [0.1, 0.15) is 17.0 Å². The molecule has 9 nitrogen and oxygen atoms in total. The van der Waals surface area contributed by atoms with Crippen molar-refractivity contribution in [2.75, 3.05) is 23.8 Å². The minimum Gasteiger partial charge on any atom is -0.453 e. The number of anilines is 2. The number of benzene rings is 2. The normalized spacial score (nSPS) is 13.4. The summed E-state index contributed by atoms with van der Waals surface area (Å²) < 4.78 is 35.0. The number of nitrogens with one attached hydrogen (secondary N) is 3. The lowest BCUT2D eigenvalue weighted by molar-refractivity contribution is -0.131. The molecular weight excluding hydrogens is 588 g/mol. The molecule has 3 aromatic heterocycles. The van der Waals surface area contributed by atoms with Crippen LogP contribution in [0.3, 0.4) is 0 Å². The maximum atomic E-state index is 15.2. The van der Waals surface area contributed by atoms with Crippen molar-refractivity contribution in [2.24, 2.45) is 5.41 Å². The number of amides is 2. The maximum absolute atomic E-state index is 15.2. The summed E-state index contributed by atoms with van der Waals surface area (Å²) in [6.45, 7) is 1.17. The number of carbonyl (C=O) groups excluding carboxylic acids is 2. The van der Waals surface area contributed by atoms with Crippen LogP contribution in [-0.4, -0.2) is 40.0 Å². The number of nitrogens with zero attached hydrogens (tertiary/aromatic N) is 2. The first-order valence-electron chi connectivity index (χ1n) is 13.9. The molecule has 4 N–H and O–H groups in total. The van der Waals surface area contributed by atoms with E-state index in [9.17, 15) is 14.0 Å². The number of hydrogen-bond acceptors (Lipinski definition) is 8. The number of hydrogen-bond donors (Lipinski definition) is 4. The Labute approximate surface area is 254 Å². The highest BCUT2D eigenvalue weighted by Gasteiger charge is 2.56. The van der Waals surface area contributed by atoms with Crippen molar-refractivity contribution in [2.45, 2.75) is 19.4 Å². The van der Waals surface area contributed by atoms with Crippen LogP contribution in [0.2, 0.25) is 0 Å². The molecule has 1 saturated carbocycles. The summed E-state index contributed by atoms with van der Waals surface area (Å²) in [4.78, 5) is 35.7. The predicted octanol–water partition coefficient (Wildman–Crippen LogP) is 5.87. The van der Waals surface area contributed by atoms with Gasteiger partial charge in [-0.15, -0.1) is 11.3 Å². The lowest BCUT2D eigenvalue weighted by Crippen LogP contribution is -2.35. The highest BCUT2D eigenvalue weighted by molar-refractivity contribution is 7.22. The first kappa shape index (κ1) is 29.3. The third kappa shape index (κ3) is 6.27. The predicted molar refractivity (Wildman–Crippen MR) is 163 cm³/mol. The van der Waals surface area contributed by atoms with Crippen LogP contribution in [0, 0.1) is 17.0 Å². The van der Waals surface area contributed by atoms with E-state index in [1.54, 1.807) is 18.5 Å². The van der Waals surface area contributed by atoms with E-state index in [-0.39, 0.29) is 18.0 Å². The lowest BCUT2D eigenvalue weighted by Gasteiger charge is -2.16. The summed E-state index contributed by atoms with van der Waals surface area (Å²) in [6.07, 6.45) is 4.04. The first-order chi connectivity index (χ1) is 21.3. The van der Waals surface area contributed by atoms with Gasteiger partial charge in [-0.1, -0.05) is 6.07 Å². The van der Waals surface area contributed by atoms with Gasteiger partial charge in [0.05, 0.1) is 27.4 Å². The van der Waals surface area contributed by atoms with Crippen LogP contribution in [0.1, 0.15) is 18.4 Å². The summed E-state index contributed by atoms with van der Waals surface area (Å²) in [6, 6.07) is 16.7. The van der Waals surface area contributed by atoms with Gasteiger partial charge in [0, 0.05) is 49.0 Å². The molecule has 0 bridgehead atoms. The topological polar surface area (TPSA) is 125 Å². The standard InChI is InChI=1S/C32H27F2N5O4S/c33-20-2-4-21(5-3-20)38-30(41)32(10-11-32)31(42)39-22-6-8-26(23(34)15-22)43-27-9-12-36-25-16-28(44-29(25)27)24-7-1-19(18-37-24)17-35-13-14-40/h1-9,12,15-16,18,35,40H,10-11,13-14,17H2,(H,38,41)(H,39,42). The molecule has 224 valence electrons. The van der Waals surface area contributed by atoms with Gasteiger partial charge < -0.3 is 25.8 Å². The van der Waals surface area contributed by atoms with Crippen molar-refractivity contribution < 1.29 is 28.2 Å².